The van der Waals surface area contributed by atoms with Crippen LogP contribution in [-0.4, -0.2) is 51.1 Å². The monoisotopic (exact) mass is 528 g/mol. The molecule has 0 unspecified atom stereocenters. The molecule has 0 atom stereocenters. The van der Waals surface area contributed by atoms with Gasteiger partial charge in [0, 0.05) is 12.7 Å². The predicted octanol–water partition coefficient (Wildman–Crippen LogP) is 3.65. The number of anilines is 1. The highest BCUT2D eigenvalue weighted by Crippen LogP contribution is 2.29. The summed E-state index contributed by atoms with van der Waals surface area (Å²) in [6.45, 7) is 2.88. The van der Waals surface area contributed by atoms with Crippen molar-refractivity contribution in [2.75, 3.05) is 31.9 Å². The van der Waals surface area contributed by atoms with E-state index < -0.39 is 15.7 Å². The van der Waals surface area contributed by atoms with Crippen LogP contribution >= 0.6 is 11.3 Å². The average molecular weight is 529 g/mol. The Morgan fingerprint density at radius 1 is 1.11 bits per heavy atom. The van der Waals surface area contributed by atoms with Crippen molar-refractivity contribution in [3.05, 3.63) is 59.2 Å². The van der Waals surface area contributed by atoms with E-state index in [-0.39, 0.29) is 15.0 Å². The Morgan fingerprint density at radius 3 is 2.47 bits per heavy atom. The molecular formula is C24H24N4O6S2. The molecule has 36 heavy (non-hydrogen) atoms. The number of benzene rings is 2. The van der Waals surface area contributed by atoms with Gasteiger partial charge in [-0.05, 0) is 42.3 Å². The van der Waals surface area contributed by atoms with Crippen molar-refractivity contribution in [2.24, 2.45) is 0 Å². The lowest BCUT2D eigenvalue weighted by atomic mass is 10.1. The van der Waals surface area contributed by atoms with Crippen LogP contribution in [0.25, 0.3) is 6.08 Å². The smallest absolute Gasteiger partial charge is 0.268 e. The number of carbonyl (C=O) groups excluding carboxylic acids is 1. The molecule has 0 spiro atoms. The van der Waals surface area contributed by atoms with Gasteiger partial charge in [-0.25, -0.2) is 8.42 Å². The first-order chi connectivity index (χ1) is 17.2. The van der Waals surface area contributed by atoms with Crippen molar-refractivity contribution in [2.45, 2.75) is 17.7 Å². The summed E-state index contributed by atoms with van der Waals surface area (Å²) in [5, 5.41) is 18.9. The maximum absolute atomic E-state index is 12.5. The van der Waals surface area contributed by atoms with Crippen LogP contribution in [0.5, 0.6) is 17.2 Å². The topological polar surface area (TPSA) is 140 Å². The molecule has 0 fully saturated rings. The van der Waals surface area contributed by atoms with E-state index in [9.17, 15) is 18.5 Å². The van der Waals surface area contributed by atoms with E-state index in [1.165, 1.54) is 13.2 Å². The maximum atomic E-state index is 12.5. The quantitative estimate of drug-likeness (QED) is 0.171. The van der Waals surface area contributed by atoms with E-state index in [2.05, 4.69) is 15.5 Å². The van der Waals surface area contributed by atoms with Crippen molar-refractivity contribution in [3.8, 4) is 23.3 Å². The van der Waals surface area contributed by atoms with E-state index in [1.807, 2.05) is 37.3 Å². The Labute approximate surface area is 213 Å². The third-order valence-electron chi connectivity index (χ3n) is 4.71. The minimum absolute atomic E-state index is 0.0330. The van der Waals surface area contributed by atoms with Crippen molar-refractivity contribution in [1.82, 2.24) is 10.2 Å². The molecule has 0 saturated heterocycles. The lowest BCUT2D eigenvalue weighted by Crippen LogP contribution is -2.13. The van der Waals surface area contributed by atoms with Crippen LogP contribution in [0.3, 0.4) is 0 Å². The number of carbonyl (C=O) groups is 1. The number of aromatic nitrogens is 2. The number of para-hydroxylation sites is 1. The molecule has 10 nitrogen and oxygen atoms in total. The van der Waals surface area contributed by atoms with Gasteiger partial charge in [-0.3, -0.25) is 10.1 Å². The molecule has 0 aliphatic heterocycles. The summed E-state index contributed by atoms with van der Waals surface area (Å²) in [6, 6.07) is 14.6. The maximum Gasteiger partial charge on any atom is 0.268 e. The lowest BCUT2D eigenvalue weighted by Gasteiger charge is -2.12. The summed E-state index contributed by atoms with van der Waals surface area (Å²) in [5.74, 6) is 1.03. The normalized spacial score (nSPS) is 11.4. The molecule has 1 aromatic heterocycles. The van der Waals surface area contributed by atoms with Crippen LogP contribution in [0.4, 0.5) is 5.13 Å². The van der Waals surface area contributed by atoms with Gasteiger partial charge in [0.25, 0.3) is 5.91 Å². The molecule has 188 valence electrons. The molecule has 3 aromatic rings. The minimum Gasteiger partial charge on any atom is -0.493 e. The fourth-order valence-corrected chi connectivity index (χ4v) is 4.43. The Morgan fingerprint density at radius 2 is 1.83 bits per heavy atom. The van der Waals surface area contributed by atoms with E-state index >= 15 is 0 Å². The number of sulfone groups is 1. The second kappa shape index (κ2) is 12.1. The highest BCUT2D eigenvalue weighted by molar-refractivity contribution is 7.92. The summed E-state index contributed by atoms with van der Waals surface area (Å²) < 4.78 is 39.8. The van der Waals surface area contributed by atoms with Crippen molar-refractivity contribution in [3.63, 3.8) is 0 Å². The summed E-state index contributed by atoms with van der Waals surface area (Å²) >= 11 is 0.696. The zero-order valence-corrected chi connectivity index (χ0v) is 21.5. The number of nitriles is 1. The van der Waals surface area contributed by atoms with Crippen LogP contribution in [0.2, 0.25) is 0 Å². The number of nitrogens with zero attached hydrogens (tertiary/aromatic N) is 3. The van der Waals surface area contributed by atoms with Crippen molar-refractivity contribution < 1.29 is 27.4 Å². The fraction of sp³-hybridized carbons (Fsp3) is 0.250. The zero-order valence-electron chi connectivity index (χ0n) is 19.8. The first-order valence-corrected chi connectivity index (χ1v) is 13.4. The lowest BCUT2D eigenvalue weighted by molar-refractivity contribution is -0.112. The molecular weight excluding hydrogens is 504 g/mol. The van der Waals surface area contributed by atoms with Crippen LogP contribution < -0.4 is 19.5 Å². The Kier molecular flexibility index (Phi) is 8.99. The molecule has 0 bridgehead atoms. The number of methoxy groups -OCH3 is 1. The van der Waals surface area contributed by atoms with E-state index in [0.717, 1.165) is 17.6 Å². The zero-order chi connectivity index (χ0) is 26.1. The van der Waals surface area contributed by atoms with Crippen LogP contribution in [-0.2, 0) is 14.6 Å². The molecule has 3 rings (SSSR count). The highest BCUT2D eigenvalue weighted by atomic mass is 32.2. The number of amides is 1. The van der Waals surface area contributed by atoms with Gasteiger partial charge in [0.05, 0.1) is 20.3 Å². The second-order valence-corrected chi connectivity index (χ2v) is 10.7. The summed E-state index contributed by atoms with van der Waals surface area (Å²) in [4.78, 5) is 12.5. The van der Waals surface area contributed by atoms with Gasteiger partial charge in [0.15, 0.2) is 11.5 Å². The molecule has 1 amide bonds. The number of hydrogen-bond donors (Lipinski definition) is 1. The number of rotatable bonds is 11. The number of ether oxygens (including phenoxy) is 3. The summed E-state index contributed by atoms with van der Waals surface area (Å²) in [7, 11) is -2.06. The summed E-state index contributed by atoms with van der Waals surface area (Å²) in [5.41, 5.74) is 1.38. The van der Waals surface area contributed by atoms with Gasteiger partial charge in [-0.2, -0.15) is 5.26 Å². The van der Waals surface area contributed by atoms with Crippen LogP contribution in [0, 0.1) is 18.3 Å². The van der Waals surface area contributed by atoms with Gasteiger partial charge in [-0.15, -0.1) is 10.2 Å². The molecule has 1 N–H and O–H groups in total. The molecule has 2 aromatic carbocycles. The second-order valence-electron chi connectivity index (χ2n) is 7.50. The first kappa shape index (κ1) is 26.7. The van der Waals surface area contributed by atoms with Gasteiger partial charge < -0.3 is 14.2 Å². The standard InChI is InChI=1S/C24H24N4O6S2/c1-16-7-4-5-8-19(16)33-11-6-12-34-20-10-9-17(14-21(20)32-2)13-18(15-25)22(29)26-23-27-28-24(35-23)36(3,30)31/h4-5,7-10,13-14H,6,11-12H2,1-3H3,(H,26,27,29). The van der Waals surface area contributed by atoms with E-state index in [4.69, 9.17) is 14.2 Å². The van der Waals surface area contributed by atoms with Crippen LogP contribution in [0.1, 0.15) is 17.5 Å². The SMILES string of the molecule is COc1cc(C=C(C#N)C(=O)Nc2nnc(S(C)(=O)=O)s2)ccc1OCCCOc1ccccc1C. The average Bonchev–Trinajstić information content (AvgIpc) is 3.33. The van der Waals surface area contributed by atoms with Gasteiger partial charge in [0.1, 0.15) is 17.4 Å². The Balaban J connectivity index is 1.60. The summed E-state index contributed by atoms with van der Waals surface area (Å²) in [6.07, 6.45) is 3.01. The van der Waals surface area contributed by atoms with Crippen molar-refractivity contribution >= 4 is 38.3 Å². The van der Waals surface area contributed by atoms with E-state index in [1.54, 1.807) is 18.2 Å². The number of nitrogens with one attached hydrogen (secondary N) is 1. The Bertz CT molecular complexity index is 1410. The minimum atomic E-state index is -3.55. The predicted molar refractivity (Wildman–Crippen MR) is 135 cm³/mol. The molecule has 0 saturated carbocycles. The molecule has 0 aliphatic rings. The molecule has 0 aliphatic carbocycles. The molecule has 1 heterocycles. The largest absolute Gasteiger partial charge is 0.493 e. The van der Waals surface area contributed by atoms with Gasteiger partial charge >= 0.3 is 0 Å². The Hall–Kier alpha value is -3.95. The number of hydrogen-bond acceptors (Lipinski definition) is 10. The first-order valence-electron chi connectivity index (χ1n) is 10.7. The molecule has 0 radical (unpaired) electrons. The van der Waals surface area contributed by atoms with Crippen molar-refractivity contribution in [1.29, 1.82) is 5.26 Å². The third kappa shape index (κ3) is 7.27. The van der Waals surface area contributed by atoms with E-state index in [0.29, 0.717) is 48.0 Å². The highest BCUT2D eigenvalue weighted by Gasteiger charge is 2.17. The molecule has 12 heteroatoms. The fourth-order valence-electron chi connectivity index (χ4n) is 2.92. The van der Waals surface area contributed by atoms with Gasteiger partial charge in [0.2, 0.25) is 19.3 Å². The number of aryl methyl sites for hydroxylation is 1. The van der Waals surface area contributed by atoms with Gasteiger partial charge in [-0.1, -0.05) is 35.6 Å². The van der Waals surface area contributed by atoms with Crippen LogP contribution in [0.15, 0.2) is 52.4 Å². The third-order valence-corrected chi connectivity index (χ3v) is 7.21.